The zero-order valence-corrected chi connectivity index (χ0v) is 43.7. The van der Waals surface area contributed by atoms with Crippen LogP contribution in [0.4, 0.5) is 0 Å². The highest BCUT2D eigenvalue weighted by Gasteiger charge is 2.38. The monoisotopic (exact) mass is 913 g/mol. The molecule has 0 aromatic heterocycles. The van der Waals surface area contributed by atoms with Crippen molar-refractivity contribution < 1.29 is 28.6 Å². The molecular formula is C59H108O6. The highest BCUT2D eigenvalue weighted by Crippen LogP contribution is 2.23. The average Bonchev–Trinajstić information content (AvgIpc) is 3.31. The van der Waals surface area contributed by atoms with Crippen molar-refractivity contribution in [3.63, 3.8) is 0 Å². The molecule has 65 heavy (non-hydrogen) atoms. The van der Waals surface area contributed by atoms with Crippen molar-refractivity contribution in [1.29, 1.82) is 0 Å². The molecule has 0 bridgehead atoms. The Bertz CT molecular complexity index is 1070. The Labute approximate surface area is 404 Å². The van der Waals surface area contributed by atoms with Gasteiger partial charge in [0.05, 0.1) is 6.61 Å². The molecule has 0 aromatic carbocycles. The molecule has 0 heterocycles. The van der Waals surface area contributed by atoms with Crippen LogP contribution in [0.15, 0.2) is 36.5 Å². The molecule has 380 valence electrons. The van der Waals surface area contributed by atoms with Gasteiger partial charge in [0.1, 0.15) is 18.6 Å². The van der Waals surface area contributed by atoms with Crippen LogP contribution in [-0.2, 0) is 28.6 Å². The first-order valence-electron chi connectivity index (χ1n) is 28.3. The van der Waals surface area contributed by atoms with Gasteiger partial charge in [-0.05, 0) is 103 Å². The molecule has 0 aliphatic carbocycles. The van der Waals surface area contributed by atoms with Crippen LogP contribution in [0.25, 0.3) is 0 Å². The van der Waals surface area contributed by atoms with Crippen LogP contribution in [0.2, 0.25) is 0 Å². The lowest BCUT2D eigenvalue weighted by Gasteiger charge is -2.26. The Hall–Kier alpha value is -2.37. The summed E-state index contributed by atoms with van der Waals surface area (Å²) in [4.78, 5) is 39.0. The van der Waals surface area contributed by atoms with Crippen LogP contribution < -0.4 is 0 Å². The van der Waals surface area contributed by atoms with Crippen molar-refractivity contribution in [2.24, 2.45) is 5.41 Å². The van der Waals surface area contributed by atoms with Crippen LogP contribution in [0, 0.1) is 5.41 Å². The molecule has 0 atom stereocenters. The van der Waals surface area contributed by atoms with E-state index >= 15 is 0 Å². The van der Waals surface area contributed by atoms with Crippen molar-refractivity contribution in [2.45, 2.75) is 297 Å². The Morgan fingerprint density at radius 1 is 0.323 bits per heavy atom. The number of hydrogen-bond donors (Lipinski definition) is 0. The predicted molar refractivity (Wildman–Crippen MR) is 279 cm³/mol. The number of esters is 3. The molecule has 0 aliphatic heterocycles. The minimum atomic E-state index is -1.24. The van der Waals surface area contributed by atoms with Crippen molar-refractivity contribution in [2.75, 3.05) is 19.8 Å². The van der Waals surface area contributed by atoms with Gasteiger partial charge in [0.25, 0.3) is 0 Å². The van der Waals surface area contributed by atoms with Gasteiger partial charge in [0, 0.05) is 12.8 Å². The highest BCUT2D eigenvalue weighted by molar-refractivity contribution is 5.78. The molecule has 0 unspecified atom stereocenters. The van der Waals surface area contributed by atoms with Gasteiger partial charge in [0.2, 0.25) is 0 Å². The smallest absolute Gasteiger partial charge is 0.318 e. The molecule has 0 rings (SSSR count). The van der Waals surface area contributed by atoms with Gasteiger partial charge in [-0.15, -0.1) is 0 Å². The maximum Gasteiger partial charge on any atom is 0.318 e. The van der Waals surface area contributed by atoms with Gasteiger partial charge in [-0.1, -0.05) is 218 Å². The Morgan fingerprint density at radius 2 is 0.569 bits per heavy atom. The van der Waals surface area contributed by atoms with Gasteiger partial charge in [-0.25, -0.2) is 0 Å². The molecule has 0 amide bonds. The van der Waals surface area contributed by atoms with Gasteiger partial charge in [-0.3, -0.25) is 14.4 Å². The number of hydrogen-bond acceptors (Lipinski definition) is 6. The molecule has 0 saturated carbocycles. The van der Waals surface area contributed by atoms with E-state index in [2.05, 4.69) is 57.2 Å². The van der Waals surface area contributed by atoms with E-state index in [0.29, 0.717) is 19.4 Å². The van der Waals surface area contributed by atoms with Gasteiger partial charge in [-0.2, -0.15) is 0 Å². The molecule has 0 radical (unpaired) electrons. The first-order valence-corrected chi connectivity index (χ1v) is 28.3. The van der Waals surface area contributed by atoms with E-state index in [1.165, 1.54) is 180 Å². The summed E-state index contributed by atoms with van der Waals surface area (Å²) in [6.07, 6.45) is 63.0. The number of ether oxygens (including phenoxy) is 3. The van der Waals surface area contributed by atoms with Crippen molar-refractivity contribution >= 4 is 17.9 Å². The topological polar surface area (TPSA) is 78.9 Å². The van der Waals surface area contributed by atoms with E-state index in [-0.39, 0.29) is 25.2 Å². The summed E-state index contributed by atoms with van der Waals surface area (Å²) in [7, 11) is 0. The van der Waals surface area contributed by atoms with E-state index in [1.54, 1.807) is 6.92 Å². The van der Waals surface area contributed by atoms with E-state index in [9.17, 15) is 14.4 Å². The zero-order chi connectivity index (χ0) is 47.4. The average molecular weight is 914 g/mol. The number of rotatable bonds is 51. The summed E-state index contributed by atoms with van der Waals surface area (Å²) >= 11 is 0. The SMILES string of the molecule is CCCCCCCC/C=C\CCCCCCCCOC(=O)C(C)(COC(=O)CCCCCCC/C=C\CCCCCCCC)COC(=O)CCCCCCC/C=C\CCCCCCCC. The second kappa shape index (κ2) is 51.0. The summed E-state index contributed by atoms with van der Waals surface area (Å²) < 4.78 is 17.0. The Morgan fingerprint density at radius 3 is 0.862 bits per heavy atom. The number of unbranched alkanes of at least 4 members (excludes halogenated alkanes) is 34. The fourth-order valence-electron chi connectivity index (χ4n) is 8.15. The zero-order valence-electron chi connectivity index (χ0n) is 43.7. The third kappa shape index (κ3) is 46.5. The fraction of sp³-hybridized carbons (Fsp3) is 0.847. The molecule has 0 N–H and O–H groups in total. The van der Waals surface area contributed by atoms with Crippen LogP contribution in [0.5, 0.6) is 0 Å². The summed E-state index contributed by atoms with van der Waals surface area (Å²) in [6, 6.07) is 0. The lowest BCUT2D eigenvalue weighted by atomic mass is 9.93. The normalized spacial score (nSPS) is 12.0. The van der Waals surface area contributed by atoms with E-state index in [1.807, 2.05) is 0 Å². The number of carbonyl (C=O) groups is 3. The predicted octanol–water partition coefficient (Wildman–Crippen LogP) is 18.7. The molecule has 0 aromatic rings. The van der Waals surface area contributed by atoms with Gasteiger partial charge >= 0.3 is 17.9 Å². The van der Waals surface area contributed by atoms with Crippen LogP contribution in [0.1, 0.15) is 297 Å². The molecule has 6 nitrogen and oxygen atoms in total. The first-order chi connectivity index (χ1) is 31.9. The summed E-state index contributed by atoms with van der Waals surface area (Å²) in [5, 5.41) is 0. The summed E-state index contributed by atoms with van der Waals surface area (Å²) in [6.45, 7) is 8.51. The molecular weight excluding hydrogens is 805 g/mol. The largest absolute Gasteiger partial charge is 0.465 e. The second-order valence-electron chi connectivity index (χ2n) is 19.6. The lowest BCUT2D eigenvalue weighted by molar-refractivity contribution is -0.170. The minimum absolute atomic E-state index is 0.149. The first kappa shape index (κ1) is 62.6. The Balaban J connectivity index is 4.52. The lowest BCUT2D eigenvalue weighted by Crippen LogP contribution is -2.40. The summed E-state index contributed by atoms with van der Waals surface area (Å²) in [5.41, 5.74) is -1.24. The molecule has 6 heteroatoms. The maximum atomic E-state index is 13.4. The van der Waals surface area contributed by atoms with E-state index < -0.39 is 11.4 Å². The molecule has 0 aliphatic rings. The van der Waals surface area contributed by atoms with Crippen molar-refractivity contribution in [1.82, 2.24) is 0 Å². The van der Waals surface area contributed by atoms with Crippen molar-refractivity contribution in [3.05, 3.63) is 36.5 Å². The van der Waals surface area contributed by atoms with Crippen LogP contribution in [0.3, 0.4) is 0 Å². The highest BCUT2D eigenvalue weighted by atomic mass is 16.6. The quantitative estimate of drug-likeness (QED) is 0.0262. The third-order valence-electron chi connectivity index (χ3n) is 12.8. The van der Waals surface area contributed by atoms with Gasteiger partial charge in [0.15, 0.2) is 0 Å². The summed E-state index contributed by atoms with van der Waals surface area (Å²) in [5.74, 6) is -1.09. The fourth-order valence-corrected chi connectivity index (χ4v) is 8.15. The Kier molecular flexibility index (Phi) is 49.2. The van der Waals surface area contributed by atoms with Gasteiger partial charge < -0.3 is 14.2 Å². The van der Waals surface area contributed by atoms with E-state index in [0.717, 1.165) is 77.0 Å². The third-order valence-corrected chi connectivity index (χ3v) is 12.8. The van der Waals surface area contributed by atoms with Crippen LogP contribution >= 0.6 is 0 Å². The van der Waals surface area contributed by atoms with Crippen molar-refractivity contribution in [3.8, 4) is 0 Å². The number of carbonyl (C=O) groups excluding carboxylic acids is 3. The molecule has 0 spiro atoms. The number of allylic oxidation sites excluding steroid dienone is 6. The minimum Gasteiger partial charge on any atom is -0.465 e. The molecule has 0 fully saturated rings. The maximum absolute atomic E-state index is 13.4. The van der Waals surface area contributed by atoms with Crippen LogP contribution in [-0.4, -0.2) is 37.7 Å². The van der Waals surface area contributed by atoms with E-state index in [4.69, 9.17) is 14.2 Å². The second-order valence-corrected chi connectivity index (χ2v) is 19.6. The molecule has 0 saturated heterocycles. The standard InChI is InChI=1S/C59H108O6/c1-5-8-11-14-17-20-23-26-29-32-35-38-41-44-47-50-53-63-58(62)59(4,54-64-56(60)51-48-45-42-39-36-33-30-27-24-21-18-15-12-9-6-2)55-65-57(61)52-49-46-43-40-37-34-31-28-25-22-19-16-13-10-7-3/h26-31H,5-25,32-55H2,1-4H3/b29-26-,30-27-,31-28-.